The van der Waals surface area contributed by atoms with Crippen LogP contribution in [-0.4, -0.2) is 0 Å². The van der Waals surface area contributed by atoms with Crippen molar-refractivity contribution in [3.05, 3.63) is 29.8 Å². The van der Waals surface area contributed by atoms with Gasteiger partial charge < -0.3 is 5.73 Å². The molecule has 0 aliphatic heterocycles. The van der Waals surface area contributed by atoms with Crippen molar-refractivity contribution >= 4 is 13.5 Å². The Bertz CT molecular complexity index is 314. The second kappa shape index (κ2) is 3.35. The van der Waals surface area contributed by atoms with Gasteiger partial charge in [-0.3, -0.25) is 0 Å². The molecule has 0 saturated heterocycles. The quantitative estimate of drug-likeness (QED) is 0.528. The maximum absolute atomic E-state index is 10.7. The molecule has 0 amide bonds. The summed E-state index contributed by atoms with van der Waals surface area (Å²) < 4.78 is 59.2. The third-order valence-electron chi connectivity index (χ3n) is 1.08. The second-order valence-electron chi connectivity index (χ2n) is 2.95. The maximum atomic E-state index is 9.87. The molecule has 0 bridgehead atoms. The average molecular weight is 253 g/mol. The second-order valence-corrected chi connectivity index (χ2v) is 4.86. The van der Waals surface area contributed by atoms with E-state index >= 15 is 0 Å². The van der Waals surface area contributed by atoms with Crippen molar-refractivity contribution in [1.29, 1.82) is 0 Å². The van der Waals surface area contributed by atoms with Gasteiger partial charge >= 0.3 is 33.0 Å². The van der Waals surface area contributed by atoms with Gasteiger partial charge in [-0.15, -0.1) is 0 Å². The molecule has 0 aliphatic rings. The standard InChI is InChI=1S/C7H9N.F6P/c1-6-3-2-4-7(8)5-6;1-7(2,3,4,5)6/h2-5H,8H2,1H3;/q;-1/p+1. The van der Waals surface area contributed by atoms with Crippen LogP contribution in [-0.2, 0) is 0 Å². The molecule has 0 atom stereocenters. The molecule has 0 aliphatic carbocycles. The molecular formula is C7H10F6NP. The van der Waals surface area contributed by atoms with Crippen molar-refractivity contribution in [1.82, 2.24) is 0 Å². The van der Waals surface area contributed by atoms with Crippen LogP contribution >= 0.6 is 7.81 Å². The summed E-state index contributed by atoms with van der Waals surface area (Å²) >= 11 is 0. The molecular weight excluding hydrogens is 243 g/mol. The molecule has 1 aromatic rings. The Balaban J connectivity index is 0.000000265. The summed E-state index contributed by atoms with van der Waals surface area (Å²) in [6, 6.07) is 8.12. The van der Waals surface area contributed by atoms with Crippen LogP contribution < -0.4 is 5.73 Å². The summed E-state index contributed by atoms with van der Waals surface area (Å²) in [4.78, 5) is 0. The van der Waals surface area contributed by atoms with Crippen molar-refractivity contribution in [3.8, 4) is 0 Å². The van der Waals surface area contributed by atoms with Gasteiger partial charge in [0.1, 0.15) is 5.69 Å². The monoisotopic (exact) mass is 253 g/mol. The molecule has 0 saturated carbocycles. The molecule has 15 heavy (non-hydrogen) atoms. The van der Waals surface area contributed by atoms with Crippen LogP contribution in [0.1, 0.15) is 5.56 Å². The van der Waals surface area contributed by atoms with E-state index in [1.807, 2.05) is 12.1 Å². The molecule has 3 N–H and O–H groups in total. The first-order chi connectivity index (χ1) is 6.24. The summed E-state index contributed by atoms with van der Waals surface area (Å²) in [5.41, 5.74) is 6.14. The number of hydrogen-bond donors (Lipinski definition) is 1. The summed E-state index contributed by atoms with van der Waals surface area (Å²) in [7, 11) is -10.7. The Morgan fingerprint density at radius 3 is 1.60 bits per heavy atom. The fourth-order valence-electron chi connectivity index (χ4n) is 0.712. The van der Waals surface area contributed by atoms with Crippen LogP contribution in [0.25, 0.3) is 0 Å². The Kier molecular flexibility index (Phi) is 3.17. The van der Waals surface area contributed by atoms with Crippen LogP contribution in [0, 0.1) is 6.92 Å². The molecule has 0 aromatic heterocycles. The van der Waals surface area contributed by atoms with E-state index in [9.17, 15) is 25.2 Å². The fourth-order valence-corrected chi connectivity index (χ4v) is 0.712. The molecule has 0 unspecified atom stereocenters. The van der Waals surface area contributed by atoms with Crippen molar-refractivity contribution in [2.75, 3.05) is 0 Å². The van der Waals surface area contributed by atoms with Gasteiger partial charge in [0.05, 0.1) is 0 Å². The predicted molar refractivity (Wildman–Crippen MR) is 47.3 cm³/mol. The van der Waals surface area contributed by atoms with E-state index in [4.69, 9.17) is 0 Å². The van der Waals surface area contributed by atoms with Gasteiger partial charge in [-0.1, -0.05) is 12.1 Å². The third kappa shape index (κ3) is 19.6. The van der Waals surface area contributed by atoms with E-state index in [0.717, 1.165) is 5.69 Å². The number of benzene rings is 1. The van der Waals surface area contributed by atoms with Crippen molar-refractivity contribution < 1.29 is 30.9 Å². The SMILES string of the molecule is Cc1cccc([NH3+])c1.F[P-](F)(F)(F)(F)F. The molecule has 1 rings (SSSR count). The first-order valence-corrected chi connectivity index (χ1v) is 5.72. The molecule has 0 fully saturated rings. The van der Waals surface area contributed by atoms with Gasteiger partial charge in [-0.25, -0.2) is 0 Å². The van der Waals surface area contributed by atoms with E-state index in [0.29, 0.717) is 0 Å². The Morgan fingerprint density at radius 1 is 1.00 bits per heavy atom. The summed E-state index contributed by atoms with van der Waals surface area (Å²) in [5.74, 6) is 0. The number of rotatable bonds is 0. The predicted octanol–water partition coefficient (Wildman–Crippen LogP) is 4.25. The number of halogens is 6. The summed E-state index contributed by atoms with van der Waals surface area (Å²) in [5, 5.41) is 0. The van der Waals surface area contributed by atoms with Gasteiger partial charge in [0, 0.05) is 6.07 Å². The molecule has 0 spiro atoms. The van der Waals surface area contributed by atoms with Crippen molar-refractivity contribution in [2.24, 2.45) is 0 Å². The van der Waals surface area contributed by atoms with E-state index in [1.54, 1.807) is 0 Å². The van der Waals surface area contributed by atoms with E-state index in [-0.39, 0.29) is 0 Å². The van der Waals surface area contributed by atoms with Crippen LogP contribution in [0.4, 0.5) is 30.9 Å². The van der Waals surface area contributed by atoms with Crippen molar-refractivity contribution in [2.45, 2.75) is 6.92 Å². The number of quaternary nitrogens is 1. The zero-order chi connectivity index (χ0) is 12.4. The first-order valence-electron chi connectivity index (χ1n) is 3.69. The first kappa shape index (κ1) is 14.2. The van der Waals surface area contributed by atoms with Crippen LogP contribution in [0.15, 0.2) is 24.3 Å². The Labute approximate surface area is 82.1 Å². The van der Waals surface area contributed by atoms with E-state index in [2.05, 4.69) is 24.8 Å². The third-order valence-corrected chi connectivity index (χ3v) is 1.08. The fraction of sp³-hybridized carbons (Fsp3) is 0.143. The molecule has 8 heteroatoms. The van der Waals surface area contributed by atoms with Gasteiger partial charge in [-0.2, -0.15) is 0 Å². The molecule has 1 nitrogen and oxygen atoms in total. The number of hydrogen-bond acceptors (Lipinski definition) is 0. The average Bonchev–Trinajstić information content (AvgIpc) is 1.77. The van der Waals surface area contributed by atoms with E-state index in [1.165, 1.54) is 5.56 Å². The van der Waals surface area contributed by atoms with Gasteiger partial charge in [-0.05, 0) is 18.6 Å². The van der Waals surface area contributed by atoms with Gasteiger partial charge in [0.2, 0.25) is 0 Å². The number of aryl methyl sites for hydroxylation is 1. The minimum absolute atomic E-state index is 1.09. The molecule has 1 aromatic carbocycles. The normalized spacial score (nSPS) is 15.7. The molecule has 90 valence electrons. The summed E-state index contributed by atoms with van der Waals surface area (Å²) in [6.07, 6.45) is 0. The molecule has 0 heterocycles. The summed E-state index contributed by atoms with van der Waals surface area (Å²) in [6.45, 7) is 2.06. The topological polar surface area (TPSA) is 27.6 Å². The molecule has 0 radical (unpaired) electrons. The van der Waals surface area contributed by atoms with Crippen LogP contribution in [0.5, 0.6) is 0 Å². The Hall–Kier alpha value is -0.810. The zero-order valence-electron chi connectivity index (χ0n) is 7.73. The van der Waals surface area contributed by atoms with Crippen molar-refractivity contribution in [3.63, 3.8) is 0 Å². The van der Waals surface area contributed by atoms with Gasteiger partial charge in [0.15, 0.2) is 0 Å². The van der Waals surface area contributed by atoms with Gasteiger partial charge in [0.25, 0.3) is 0 Å². The Morgan fingerprint density at radius 2 is 1.40 bits per heavy atom. The van der Waals surface area contributed by atoms with Crippen LogP contribution in [0.3, 0.4) is 0 Å². The van der Waals surface area contributed by atoms with E-state index < -0.39 is 7.81 Å². The minimum atomic E-state index is -10.7. The van der Waals surface area contributed by atoms with Crippen LogP contribution in [0.2, 0.25) is 0 Å². The zero-order valence-corrected chi connectivity index (χ0v) is 8.63.